The zero-order valence-corrected chi connectivity index (χ0v) is 19.5. The highest BCUT2D eigenvalue weighted by atomic mass is 16.5. The third kappa shape index (κ3) is 4.86. The molecule has 0 saturated carbocycles. The number of hydrogen-bond donors (Lipinski definition) is 2. The highest BCUT2D eigenvalue weighted by Gasteiger charge is 2.33. The molecule has 3 aliphatic rings. The number of rotatable bonds is 8. The molecule has 0 atom stereocenters. The number of anilines is 2. The van der Waals surface area contributed by atoms with E-state index in [1.165, 1.54) is 0 Å². The lowest BCUT2D eigenvalue weighted by Gasteiger charge is -2.28. The molecule has 0 spiro atoms. The Balaban J connectivity index is 1.31. The van der Waals surface area contributed by atoms with Gasteiger partial charge >= 0.3 is 0 Å². The molecule has 2 aliphatic heterocycles. The van der Waals surface area contributed by atoms with Crippen molar-refractivity contribution >= 4 is 22.9 Å². The first-order chi connectivity index (χ1) is 16.7. The van der Waals surface area contributed by atoms with E-state index in [9.17, 15) is 9.59 Å². The van der Waals surface area contributed by atoms with Gasteiger partial charge in [-0.05, 0) is 12.1 Å². The van der Waals surface area contributed by atoms with Crippen molar-refractivity contribution in [2.45, 2.75) is 0 Å². The van der Waals surface area contributed by atoms with Crippen molar-refractivity contribution in [3.8, 4) is 0 Å². The van der Waals surface area contributed by atoms with Crippen molar-refractivity contribution < 1.29 is 19.1 Å². The standard InChI is InChI=1S/C26H32N4O4/c31-25-19-3-1-5-21(27-7-9-29-11-15-33-16-12-29)23(19)26(32)20-4-2-6-22(24(20)25)28-8-10-30-13-17-34-18-14-30/h1-6,27-28H,7-18H2. The van der Waals surface area contributed by atoms with Gasteiger partial charge in [0.1, 0.15) is 0 Å². The third-order valence-electron chi connectivity index (χ3n) is 6.77. The van der Waals surface area contributed by atoms with Crippen LogP contribution in [0.5, 0.6) is 0 Å². The molecule has 8 nitrogen and oxygen atoms in total. The Morgan fingerprint density at radius 3 is 1.47 bits per heavy atom. The zero-order valence-electron chi connectivity index (χ0n) is 19.5. The van der Waals surface area contributed by atoms with Gasteiger partial charge in [0.05, 0.1) is 37.6 Å². The van der Waals surface area contributed by atoms with E-state index in [0.717, 1.165) is 77.1 Å². The Morgan fingerprint density at radius 1 is 0.647 bits per heavy atom. The summed E-state index contributed by atoms with van der Waals surface area (Å²) in [4.78, 5) is 31.8. The molecule has 0 radical (unpaired) electrons. The number of ketones is 2. The second-order valence-electron chi connectivity index (χ2n) is 8.88. The van der Waals surface area contributed by atoms with E-state index in [0.29, 0.717) is 35.3 Å². The Labute approximate surface area is 200 Å². The van der Waals surface area contributed by atoms with Crippen molar-refractivity contribution in [2.24, 2.45) is 0 Å². The summed E-state index contributed by atoms with van der Waals surface area (Å²) in [7, 11) is 0. The molecule has 0 unspecified atom stereocenters. The first-order valence-corrected chi connectivity index (χ1v) is 12.2. The molecule has 34 heavy (non-hydrogen) atoms. The largest absolute Gasteiger partial charge is 0.383 e. The van der Waals surface area contributed by atoms with Crippen LogP contribution in [-0.4, -0.2) is 100 Å². The fraction of sp³-hybridized carbons (Fsp3) is 0.462. The summed E-state index contributed by atoms with van der Waals surface area (Å²) in [5.74, 6) is -0.202. The summed E-state index contributed by atoms with van der Waals surface area (Å²) in [5, 5.41) is 6.80. The molecule has 180 valence electrons. The smallest absolute Gasteiger partial charge is 0.196 e. The molecular weight excluding hydrogens is 432 g/mol. The molecule has 2 N–H and O–H groups in total. The van der Waals surface area contributed by atoms with E-state index in [4.69, 9.17) is 9.47 Å². The quantitative estimate of drug-likeness (QED) is 0.524. The summed E-state index contributed by atoms with van der Waals surface area (Å²) in [6.07, 6.45) is 0. The number of hydrogen-bond acceptors (Lipinski definition) is 8. The minimum absolute atomic E-state index is 0.101. The van der Waals surface area contributed by atoms with Gasteiger partial charge in [-0.2, -0.15) is 0 Å². The van der Waals surface area contributed by atoms with Crippen molar-refractivity contribution in [1.29, 1.82) is 0 Å². The fourth-order valence-corrected chi connectivity index (χ4v) is 4.88. The van der Waals surface area contributed by atoms with Crippen LogP contribution in [0.1, 0.15) is 31.8 Å². The van der Waals surface area contributed by atoms with E-state index in [1.54, 1.807) is 12.1 Å². The molecule has 5 rings (SSSR count). The monoisotopic (exact) mass is 464 g/mol. The Morgan fingerprint density at radius 2 is 1.06 bits per heavy atom. The highest BCUT2D eigenvalue weighted by Crippen LogP contribution is 2.35. The number of nitrogens with one attached hydrogen (secondary N) is 2. The lowest BCUT2D eigenvalue weighted by Crippen LogP contribution is -2.39. The summed E-state index contributed by atoms with van der Waals surface area (Å²) >= 11 is 0. The molecule has 0 amide bonds. The predicted molar refractivity (Wildman–Crippen MR) is 131 cm³/mol. The van der Waals surface area contributed by atoms with Gasteiger partial charge in [0.2, 0.25) is 0 Å². The fourth-order valence-electron chi connectivity index (χ4n) is 4.88. The van der Waals surface area contributed by atoms with Crippen LogP contribution in [0.2, 0.25) is 0 Å². The summed E-state index contributed by atoms with van der Waals surface area (Å²) < 4.78 is 10.8. The SMILES string of the molecule is O=C1c2cccc(NCCN3CCOCC3)c2C(=O)c2cccc(NCCN3CCOCC3)c21. The Hall–Kier alpha value is -2.78. The van der Waals surface area contributed by atoms with E-state index < -0.39 is 0 Å². The molecule has 2 fully saturated rings. The molecular formula is C26H32N4O4. The van der Waals surface area contributed by atoms with Gasteiger partial charge in [0.15, 0.2) is 11.6 Å². The third-order valence-corrected chi connectivity index (χ3v) is 6.77. The van der Waals surface area contributed by atoms with Gasteiger partial charge in [-0.1, -0.05) is 24.3 Å². The molecule has 2 saturated heterocycles. The van der Waals surface area contributed by atoms with E-state index >= 15 is 0 Å². The van der Waals surface area contributed by atoms with Gasteiger partial charge in [-0.3, -0.25) is 19.4 Å². The minimum atomic E-state index is -0.101. The normalized spacial score (nSPS) is 18.9. The number of carbonyl (C=O) groups is 2. The predicted octanol–water partition coefficient (Wildman–Crippen LogP) is 1.95. The first kappa shape index (κ1) is 23.0. The summed E-state index contributed by atoms with van der Waals surface area (Å²) in [6, 6.07) is 11.0. The first-order valence-electron chi connectivity index (χ1n) is 12.2. The van der Waals surface area contributed by atoms with Crippen molar-refractivity contribution in [3.63, 3.8) is 0 Å². The van der Waals surface area contributed by atoms with Crippen LogP contribution in [0.25, 0.3) is 0 Å². The van der Waals surface area contributed by atoms with Crippen molar-refractivity contribution in [3.05, 3.63) is 58.7 Å². The van der Waals surface area contributed by atoms with Gasteiger partial charge in [-0.25, -0.2) is 0 Å². The van der Waals surface area contributed by atoms with E-state index in [-0.39, 0.29) is 11.6 Å². The van der Waals surface area contributed by atoms with Crippen LogP contribution in [0, 0.1) is 0 Å². The number of benzene rings is 2. The second-order valence-corrected chi connectivity index (χ2v) is 8.88. The molecule has 0 aromatic heterocycles. The van der Waals surface area contributed by atoms with Crippen LogP contribution in [0.4, 0.5) is 11.4 Å². The van der Waals surface area contributed by atoms with Crippen LogP contribution >= 0.6 is 0 Å². The lowest BCUT2D eigenvalue weighted by atomic mass is 9.82. The highest BCUT2D eigenvalue weighted by molar-refractivity contribution is 6.31. The van der Waals surface area contributed by atoms with Gasteiger partial charge in [-0.15, -0.1) is 0 Å². The number of morpholine rings is 2. The van der Waals surface area contributed by atoms with E-state index in [2.05, 4.69) is 20.4 Å². The number of ether oxygens (including phenoxy) is 2. The van der Waals surface area contributed by atoms with Crippen LogP contribution < -0.4 is 10.6 Å². The summed E-state index contributed by atoms with van der Waals surface area (Å²) in [5.41, 5.74) is 3.34. The molecule has 8 heteroatoms. The topological polar surface area (TPSA) is 83.1 Å². The lowest BCUT2D eigenvalue weighted by molar-refractivity contribution is 0.0398. The van der Waals surface area contributed by atoms with Gasteiger partial charge < -0.3 is 20.1 Å². The van der Waals surface area contributed by atoms with E-state index in [1.807, 2.05) is 24.3 Å². The number of nitrogens with zero attached hydrogens (tertiary/aromatic N) is 2. The number of carbonyl (C=O) groups excluding carboxylic acids is 2. The van der Waals surface area contributed by atoms with Crippen LogP contribution in [0.15, 0.2) is 36.4 Å². The maximum absolute atomic E-state index is 13.5. The zero-order chi connectivity index (χ0) is 23.3. The Bertz CT molecular complexity index is 962. The Kier molecular flexibility index (Phi) is 7.20. The molecule has 2 aromatic carbocycles. The van der Waals surface area contributed by atoms with Crippen LogP contribution in [-0.2, 0) is 9.47 Å². The molecule has 1 aliphatic carbocycles. The molecule has 0 bridgehead atoms. The average molecular weight is 465 g/mol. The minimum Gasteiger partial charge on any atom is -0.383 e. The van der Waals surface area contributed by atoms with Crippen molar-refractivity contribution in [2.75, 3.05) is 89.4 Å². The molecule has 2 aromatic rings. The average Bonchev–Trinajstić information content (AvgIpc) is 2.88. The maximum atomic E-state index is 13.5. The van der Waals surface area contributed by atoms with Gasteiger partial charge in [0.25, 0.3) is 0 Å². The molecule has 2 heterocycles. The van der Waals surface area contributed by atoms with Crippen LogP contribution in [0.3, 0.4) is 0 Å². The maximum Gasteiger partial charge on any atom is 0.196 e. The second kappa shape index (κ2) is 10.7. The summed E-state index contributed by atoms with van der Waals surface area (Å²) in [6.45, 7) is 9.83. The van der Waals surface area contributed by atoms with Crippen molar-refractivity contribution in [1.82, 2.24) is 9.80 Å². The van der Waals surface area contributed by atoms with Gasteiger partial charge in [0, 0.05) is 74.9 Å². The number of fused-ring (bicyclic) bond motifs is 2.